The van der Waals surface area contributed by atoms with Crippen molar-refractivity contribution in [3.63, 3.8) is 0 Å². The van der Waals surface area contributed by atoms with Crippen molar-refractivity contribution in [3.05, 3.63) is 75.3 Å². The smallest absolute Gasteiger partial charge is 0.337 e. The highest BCUT2D eigenvalue weighted by Crippen LogP contribution is 2.13. The second-order valence-corrected chi connectivity index (χ2v) is 4.55. The Bertz CT molecular complexity index is 726. The Labute approximate surface area is 132 Å². The Morgan fingerprint density at radius 3 is 2.65 bits per heavy atom. The van der Waals surface area contributed by atoms with E-state index in [4.69, 9.17) is 4.84 Å². The summed E-state index contributed by atoms with van der Waals surface area (Å²) in [5.41, 5.74) is 1.85. The Balaban J connectivity index is 1.90. The van der Waals surface area contributed by atoms with Crippen molar-refractivity contribution in [3.8, 4) is 0 Å². The molecule has 0 aliphatic carbocycles. The number of hydrogen-bond donors (Lipinski definition) is 0. The first-order chi connectivity index (χ1) is 11.1. The third-order valence-corrected chi connectivity index (χ3v) is 2.96. The molecule has 2 aromatic rings. The normalized spacial score (nSPS) is 10.5. The predicted molar refractivity (Wildman–Crippen MR) is 83.3 cm³/mol. The number of carbonyl (C=O) groups excluding carboxylic acids is 1. The lowest BCUT2D eigenvalue weighted by molar-refractivity contribution is -0.384. The number of benzene rings is 2. The van der Waals surface area contributed by atoms with Crippen LogP contribution in [0.15, 0.2) is 53.7 Å². The lowest BCUT2D eigenvalue weighted by atomic mass is 10.1. The van der Waals surface area contributed by atoms with Crippen LogP contribution < -0.4 is 0 Å². The molecule has 7 heteroatoms. The highest BCUT2D eigenvalue weighted by Gasteiger charge is 2.05. The van der Waals surface area contributed by atoms with E-state index in [0.29, 0.717) is 11.1 Å². The molecule has 0 spiro atoms. The fourth-order valence-electron chi connectivity index (χ4n) is 1.79. The summed E-state index contributed by atoms with van der Waals surface area (Å²) in [4.78, 5) is 26.6. The Kier molecular flexibility index (Phi) is 5.40. The molecule has 2 aromatic carbocycles. The monoisotopic (exact) mass is 314 g/mol. The molecular formula is C16H14N2O5. The second-order valence-electron chi connectivity index (χ2n) is 4.55. The maximum Gasteiger partial charge on any atom is 0.337 e. The van der Waals surface area contributed by atoms with Gasteiger partial charge in [0.05, 0.1) is 23.8 Å². The molecule has 0 saturated carbocycles. The van der Waals surface area contributed by atoms with Crippen molar-refractivity contribution >= 4 is 17.9 Å². The fourth-order valence-corrected chi connectivity index (χ4v) is 1.79. The molecule has 118 valence electrons. The lowest BCUT2D eigenvalue weighted by Crippen LogP contribution is -2.00. The first-order valence-corrected chi connectivity index (χ1v) is 6.67. The molecule has 0 aliphatic heterocycles. The summed E-state index contributed by atoms with van der Waals surface area (Å²) in [5, 5.41) is 14.5. The SMILES string of the molecule is COC(=O)c1ccc(/C=N/OCc2cccc([N+](=O)[O-])c2)cc1. The minimum atomic E-state index is -0.463. The highest BCUT2D eigenvalue weighted by atomic mass is 16.6. The van der Waals surface area contributed by atoms with Gasteiger partial charge in [-0.2, -0.15) is 0 Å². The molecular weight excluding hydrogens is 300 g/mol. The van der Waals surface area contributed by atoms with Crippen LogP contribution in [0, 0.1) is 10.1 Å². The van der Waals surface area contributed by atoms with Gasteiger partial charge >= 0.3 is 5.97 Å². The maximum absolute atomic E-state index is 11.3. The third kappa shape index (κ3) is 4.63. The number of esters is 1. The summed E-state index contributed by atoms with van der Waals surface area (Å²) >= 11 is 0. The summed E-state index contributed by atoms with van der Waals surface area (Å²) < 4.78 is 4.60. The van der Waals surface area contributed by atoms with Crippen molar-refractivity contribution in [2.24, 2.45) is 5.16 Å². The van der Waals surface area contributed by atoms with Gasteiger partial charge < -0.3 is 9.57 Å². The lowest BCUT2D eigenvalue weighted by Gasteiger charge is -2.01. The molecule has 23 heavy (non-hydrogen) atoms. The molecule has 0 unspecified atom stereocenters. The van der Waals surface area contributed by atoms with Crippen molar-refractivity contribution in [1.29, 1.82) is 0 Å². The van der Waals surface area contributed by atoms with Gasteiger partial charge in [0.2, 0.25) is 0 Å². The first kappa shape index (κ1) is 16.2. The number of rotatable bonds is 6. The van der Waals surface area contributed by atoms with Crippen LogP contribution in [-0.4, -0.2) is 24.2 Å². The summed E-state index contributed by atoms with van der Waals surface area (Å²) in [6.45, 7) is 0.123. The summed E-state index contributed by atoms with van der Waals surface area (Å²) in [7, 11) is 1.32. The zero-order valence-electron chi connectivity index (χ0n) is 12.3. The van der Waals surface area contributed by atoms with Crippen LogP contribution in [0.25, 0.3) is 0 Å². The quantitative estimate of drug-likeness (QED) is 0.354. The molecule has 0 aromatic heterocycles. The summed E-state index contributed by atoms with van der Waals surface area (Å²) in [5.74, 6) is -0.407. The number of oxime groups is 1. The molecule has 0 amide bonds. The van der Waals surface area contributed by atoms with E-state index in [-0.39, 0.29) is 12.3 Å². The van der Waals surface area contributed by atoms with E-state index < -0.39 is 10.9 Å². The van der Waals surface area contributed by atoms with Crippen LogP contribution in [0.4, 0.5) is 5.69 Å². The van der Waals surface area contributed by atoms with E-state index >= 15 is 0 Å². The van der Waals surface area contributed by atoms with Gasteiger partial charge in [-0.3, -0.25) is 10.1 Å². The van der Waals surface area contributed by atoms with Crippen molar-refractivity contribution in [2.45, 2.75) is 6.61 Å². The summed E-state index contributed by atoms with van der Waals surface area (Å²) in [6, 6.07) is 12.8. The maximum atomic E-state index is 11.3. The molecule has 0 N–H and O–H groups in total. The number of non-ortho nitro benzene ring substituents is 1. The zero-order chi connectivity index (χ0) is 16.7. The van der Waals surface area contributed by atoms with Crippen LogP contribution in [0.1, 0.15) is 21.5 Å². The van der Waals surface area contributed by atoms with Crippen LogP contribution in [0.3, 0.4) is 0 Å². The van der Waals surface area contributed by atoms with E-state index in [2.05, 4.69) is 9.89 Å². The number of nitro benzene ring substituents is 1. The van der Waals surface area contributed by atoms with Crippen molar-refractivity contribution in [2.75, 3.05) is 7.11 Å². The van der Waals surface area contributed by atoms with Gasteiger partial charge in [-0.1, -0.05) is 29.4 Å². The van der Waals surface area contributed by atoms with E-state index in [1.807, 2.05) is 0 Å². The van der Waals surface area contributed by atoms with E-state index in [1.165, 1.54) is 25.5 Å². The number of nitro groups is 1. The zero-order valence-corrected chi connectivity index (χ0v) is 12.3. The van der Waals surface area contributed by atoms with Crippen molar-refractivity contribution in [1.82, 2.24) is 0 Å². The van der Waals surface area contributed by atoms with Crippen LogP contribution in [0.2, 0.25) is 0 Å². The van der Waals surface area contributed by atoms with Crippen LogP contribution in [0.5, 0.6) is 0 Å². The molecule has 0 heterocycles. The number of nitrogens with zero attached hydrogens (tertiary/aromatic N) is 2. The number of hydrogen-bond acceptors (Lipinski definition) is 6. The van der Waals surface area contributed by atoms with Gasteiger partial charge in [0.1, 0.15) is 6.61 Å². The fraction of sp³-hybridized carbons (Fsp3) is 0.125. The van der Waals surface area contributed by atoms with Gasteiger partial charge in [-0.25, -0.2) is 4.79 Å². The van der Waals surface area contributed by atoms with Gasteiger partial charge in [0, 0.05) is 12.1 Å². The topological polar surface area (TPSA) is 91.0 Å². The second kappa shape index (κ2) is 7.69. The van der Waals surface area contributed by atoms with Gasteiger partial charge in [0.25, 0.3) is 5.69 Å². The molecule has 0 atom stereocenters. The molecule has 7 nitrogen and oxygen atoms in total. The highest BCUT2D eigenvalue weighted by molar-refractivity contribution is 5.90. The van der Waals surface area contributed by atoms with E-state index in [1.54, 1.807) is 36.4 Å². The van der Waals surface area contributed by atoms with Gasteiger partial charge in [-0.15, -0.1) is 0 Å². The van der Waals surface area contributed by atoms with Gasteiger partial charge in [0.15, 0.2) is 0 Å². The molecule has 0 bridgehead atoms. The van der Waals surface area contributed by atoms with E-state index in [0.717, 1.165) is 5.56 Å². The van der Waals surface area contributed by atoms with Gasteiger partial charge in [-0.05, 0) is 23.3 Å². The Morgan fingerprint density at radius 1 is 1.26 bits per heavy atom. The molecule has 0 fully saturated rings. The molecule has 2 rings (SSSR count). The number of carbonyl (C=O) groups is 1. The predicted octanol–water partition coefficient (Wildman–Crippen LogP) is 2.93. The van der Waals surface area contributed by atoms with E-state index in [9.17, 15) is 14.9 Å². The van der Waals surface area contributed by atoms with Crippen LogP contribution in [-0.2, 0) is 16.2 Å². The minimum absolute atomic E-state index is 0.00785. The number of methoxy groups -OCH3 is 1. The molecule has 0 aliphatic rings. The van der Waals surface area contributed by atoms with Crippen molar-refractivity contribution < 1.29 is 19.3 Å². The summed E-state index contributed by atoms with van der Waals surface area (Å²) in [6.07, 6.45) is 1.48. The largest absolute Gasteiger partial charge is 0.465 e. The van der Waals surface area contributed by atoms with Crippen LogP contribution >= 0.6 is 0 Å². The Morgan fingerprint density at radius 2 is 2.00 bits per heavy atom. The standard InChI is InChI=1S/C16H14N2O5/c1-22-16(19)14-7-5-12(6-8-14)10-17-23-11-13-3-2-4-15(9-13)18(20)21/h2-10H,11H2,1H3/b17-10+. The molecule has 0 saturated heterocycles. The number of ether oxygens (including phenoxy) is 1. The molecule has 0 radical (unpaired) electrons. The average molecular weight is 314 g/mol. The Hall–Kier alpha value is -3.22. The average Bonchev–Trinajstić information content (AvgIpc) is 2.59. The minimum Gasteiger partial charge on any atom is -0.465 e. The third-order valence-electron chi connectivity index (χ3n) is 2.96. The first-order valence-electron chi connectivity index (χ1n) is 6.67.